The quantitative estimate of drug-likeness (QED) is 0.357. The van der Waals surface area contributed by atoms with Crippen LogP contribution >= 0.6 is 11.6 Å². The maximum atomic E-state index is 14.2. The SMILES string of the molecule is O=C(Nc1cccc2ccccc12)c1cccc(NC2=C(Cl)C(=O)N(c3ccccc3F)C2=O)c1. The zero-order valence-electron chi connectivity index (χ0n) is 18.1. The monoisotopic (exact) mass is 485 g/mol. The summed E-state index contributed by atoms with van der Waals surface area (Å²) in [7, 11) is 0. The molecule has 8 heteroatoms. The van der Waals surface area contributed by atoms with Crippen LogP contribution in [0.15, 0.2) is 102 Å². The van der Waals surface area contributed by atoms with Gasteiger partial charge in [0.25, 0.3) is 17.7 Å². The molecule has 6 nitrogen and oxygen atoms in total. The molecular weight excluding hydrogens is 469 g/mol. The van der Waals surface area contributed by atoms with E-state index < -0.39 is 17.6 Å². The van der Waals surface area contributed by atoms with E-state index in [1.54, 1.807) is 18.2 Å². The number of nitrogens with zero attached hydrogens (tertiary/aromatic N) is 1. The summed E-state index contributed by atoms with van der Waals surface area (Å²) in [6.07, 6.45) is 0. The number of carbonyl (C=O) groups is 3. The highest BCUT2D eigenvalue weighted by atomic mass is 35.5. The molecule has 0 bridgehead atoms. The number of anilines is 3. The van der Waals surface area contributed by atoms with E-state index in [1.165, 1.54) is 24.3 Å². The van der Waals surface area contributed by atoms with E-state index >= 15 is 0 Å². The van der Waals surface area contributed by atoms with Gasteiger partial charge in [0.2, 0.25) is 0 Å². The van der Waals surface area contributed by atoms with Crippen LogP contribution in [0.5, 0.6) is 0 Å². The van der Waals surface area contributed by atoms with Gasteiger partial charge < -0.3 is 10.6 Å². The molecule has 4 aromatic carbocycles. The number of halogens is 2. The average molecular weight is 486 g/mol. The third-order valence-electron chi connectivity index (χ3n) is 5.55. The zero-order valence-corrected chi connectivity index (χ0v) is 18.8. The number of imide groups is 1. The first-order valence-corrected chi connectivity index (χ1v) is 11.0. The second-order valence-corrected chi connectivity index (χ2v) is 8.15. The molecule has 1 aliphatic rings. The predicted molar refractivity (Wildman–Crippen MR) is 134 cm³/mol. The Bertz CT molecular complexity index is 1540. The number of nitrogens with one attached hydrogen (secondary N) is 2. The lowest BCUT2D eigenvalue weighted by Crippen LogP contribution is -2.33. The Morgan fingerprint density at radius 3 is 2.37 bits per heavy atom. The second kappa shape index (κ2) is 9.04. The number of rotatable bonds is 5. The molecule has 3 amide bonds. The fraction of sp³-hybridized carbons (Fsp3) is 0. The normalized spacial score (nSPS) is 13.5. The Morgan fingerprint density at radius 2 is 1.54 bits per heavy atom. The van der Waals surface area contributed by atoms with Gasteiger partial charge in [-0.05, 0) is 41.8 Å². The first kappa shape index (κ1) is 22.3. The van der Waals surface area contributed by atoms with Crippen molar-refractivity contribution >= 4 is 57.2 Å². The molecule has 0 aromatic heterocycles. The molecule has 1 aliphatic heterocycles. The third kappa shape index (κ3) is 4.13. The van der Waals surface area contributed by atoms with Crippen LogP contribution in [0.2, 0.25) is 0 Å². The molecule has 0 unspecified atom stereocenters. The maximum absolute atomic E-state index is 14.2. The Labute approximate surface area is 204 Å². The van der Waals surface area contributed by atoms with E-state index in [0.29, 0.717) is 21.8 Å². The number of benzene rings is 4. The number of carbonyl (C=O) groups excluding carboxylic acids is 3. The molecule has 35 heavy (non-hydrogen) atoms. The van der Waals surface area contributed by atoms with Gasteiger partial charge in [-0.3, -0.25) is 14.4 Å². The van der Waals surface area contributed by atoms with Gasteiger partial charge in [0.15, 0.2) is 0 Å². The van der Waals surface area contributed by atoms with E-state index in [-0.39, 0.29) is 22.3 Å². The van der Waals surface area contributed by atoms with Crippen LogP contribution in [0.1, 0.15) is 10.4 Å². The highest BCUT2D eigenvalue weighted by Gasteiger charge is 2.40. The van der Waals surface area contributed by atoms with Crippen LogP contribution in [0, 0.1) is 5.82 Å². The van der Waals surface area contributed by atoms with Crippen molar-refractivity contribution in [3.63, 3.8) is 0 Å². The van der Waals surface area contributed by atoms with E-state index in [9.17, 15) is 18.8 Å². The molecule has 0 saturated carbocycles. The van der Waals surface area contributed by atoms with Crippen molar-refractivity contribution in [2.24, 2.45) is 0 Å². The van der Waals surface area contributed by atoms with Crippen LogP contribution in [0.25, 0.3) is 10.8 Å². The van der Waals surface area contributed by atoms with E-state index in [0.717, 1.165) is 16.8 Å². The van der Waals surface area contributed by atoms with Crippen LogP contribution in [-0.4, -0.2) is 17.7 Å². The molecule has 4 aromatic rings. The standard InChI is InChI=1S/C27H17ClFN3O3/c28-23-24(27(35)32(26(23)34)22-14-4-3-12-20(22)29)30-18-10-5-9-17(15-18)25(33)31-21-13-6-8-16-7-1-2-11-19(16)21/h1-15,30H,(H,31,33). The molecule has 5 rings (SSSR count). The van der Waals surface area contributed by atoms with Gasteiger partial charge in [-0.2, -0.15) is 0 Å². The Hall–Kier alpha value is -4.49. The molecule has 172 valence electrons. The van der Waals surface area contributed by atoms with Crippen molar-refractivity contribution in [1.82, 2.24) is 0 Å². The molecule has 0 saturated heterocycles. The molecule has 0 atom stereocenters. The van der Waals surface area contributed by atoms with E-state index in [1.807, 2.05) is 42.5 Å². The largest absolute Gasteiger partial charge is 0.350 e. The molecule has 0 spiro atoms. The number of para-hydroxylation sites is 1. The molecule has 0 radical (unpaired) electrons. The minimum absolute atomic E-state index is 0.194. The predicted octanol–water partition coefficient (Wildman–Crippen LogP) is 5.67. The average Bonchev–Trinajstić information content (AvgIpc) is 3.08. The van der Waals surface area contributed by atoms with Crippen molar-refractivity contribution in [1.29, 1.82) is 0 Å². The summed E-state index contributed by atoms with van der Waals surface area (Å²) in [5.74, 6) is -2.72. The Morgan fingerprint density at radius 1 is 0.829 bits per heavy atom. The highest BCUT2D eigenvalue weighted by Crippen LogP contribution is 2.32. The van der Waals surface area contributed by atoms with Crippen LogP contribution in [-0.2, 0) is 9.59 Å². The van der Waals surface area contributed by atoms with Crippen molar-refractivity contribution < 1.29 is 18.8 Å². The topological polar surface area (TPSA) is 78.5 Å². The van der Waals surface area contributed by atoms with E-state index in [2.05, 4.69) is 10.6 Å². The Kier molecular flexibility index (Phi) is 5.76. The summed E-state index contributed by atoms with van der Waals surface area (Å²) in [6, 6.07) is 25.1. The molecular formula is C27H17ClFN3O3. The molecule has 1 heterocycles. The summed E-state index contributed by atoms with van der Waals surface area (Å²) >= 11 is 6.14. The van der Waals surface area contributed by atoms with Crippen LogP contribution < -0.4 is 15.5 Å². The third-order valence-corrected chi connectivity index (χ3v) is 5.90. The smallest absolute Gasteiger partial charge is 0.283 e. The summed E-state index contributed by atoms with van der Waals surface area (Å²) in [5.41, 5.74) is 0.948. The minimum atomic E-state index is -0.839. The van der Waals surface area contributed by atoms with Crippen LogP contribution in [0.4, 0.5) is 21.5 Å². The van der Waals surface area contributed by atoms with Crippen molar-refractivity contribution in [2.75, 3.05) is 15.5 Å². The lowest BCUT2D eigenvalue weighted by Gasteiger charge is -2.15. The number of amides is 3. The maximum Gasteiger partial charge on any atom is 0.283 e. The second-order valence-electron chi connectivity index (χ2n) is 7.77. The summed E-state index contributed by atoms with van der Waals surface area (Å²) < 4.78 is 14.2. The first-order chi connectivity index (χ1) is 16.9. The van der Waals surface area contributed by atoms with Gasteiger partial charge in [-0.15, -0.1) is 0 Å². The first-order valence-electron chi connectivity index (χ1n) is 10.6. The van der Waals surface area contributed by atoms with Crippen LogP contribution in [0.3, 0.4) is 0 Å². The van der Waals surface area contributed by atoms with Gasteiger partial charge in [0, 0.05) is 22.3 Å². The van der Waals surface area contributed by atoms with Gasteiger partial charge in [0.05, 0.1) is 5.69 Å². The van der Waals surface area contributed by atoms with Crippen molar-refractivity contribution in [3.05, 3.63) is 113 Å². The van der Waals surface area contributed by atoms with Crippen molar-refractivity contribution in [3.8, 4) is 0 Å². The number of hydrogen-bond acceptors (Lipinski definition) is 4. The molecule has 0 aliphatic carbocycles. The molecule has 0 fully saturated rings. The summed E-state index contributed by atoms with van der Waals surface area (Å²) in [5, 5.41) is 7.24. The van der Waals surface area contributed by atoms with E-state index in [4.69, 9.17) is 11.6 Å². The highest BCUT2D eigenvalue weighted by molar-refractivity contribution is 6.53. The van der Waals surface area contributed by atoms with Gasteiger partial charge in [0.1, 0.15) is 16.5 Å². The number of fused-ring (bicyclic) bond motifs is 1. The van der Waals surface area contributed by atoms with Crippen molar-refractivity contribution in [2.45, 2.75) is 0 Å². The van der Waals surface area contributed by atoms with Gasteiger partial charge >= 0.3 is 0 Å². The van der Waals surface area contributed by atoms with Gasteiger partial charge in [-0.1, -0.05) is 66.2 Å². The van der Waals surface area contributed by atoms with Gasteiger partial charge in [-0.25, -0.2) is 9.29 Å². The summed E-state index contributed by atoms with van der Waals surface area (Å²) in [4.78, 5) is 39.2. The minimum Gasteiger partial charge on any atom is -0.350 e. The fourth-order valence-electron chi connectivity index (χ4n) is 3.87. The zero-order chi connectivity index (χ0) is 24.5. The molecule has 2 N–H and O–H groups in total. The summed E-state index contributed by atoms with van der Waals surface area (Å²) in [6.45, 7) is 0. The lowest BCUT2D eigenvalue weighted by molar-refractivity contribution is -0.120. The Balaban J connectivity index is 1.38. The lowest BCUT2D eigenvalue weighted by atomic mass is 10.1. The fourth-order valence-corrected chi connectivity index (χ4v) is 4.09. The number of hydrogen-bond donors (Lipinski definition) is 2.